The van der Waals surface area contributed by atoms with Crippen molar-refractivity contribution >= 4 is 11.8 Å². The first kappa shape index (κ1) is 24.4. The molecule has 1 saturated heterocycles. The Kier molecular flexibility index (Phi) is 8.54. The third-order valence-electron chi connectivity index (χ3n) is 5.80. The van der Waals surface area contributed by atoms with Crippen LogP contribution in [0, 0.1) is 0 Å². The molecule has 2 aromatic carbocycles. The van der Waals surface area contributed by atoms with Gasteiger partial charge in [0.15, 0.2) is 11.5 Å². The highest BCUT2D eigenvalue weighted by Crippen LogP contribution is 2.38. The number of aryl methyl sites for hydroxylation is 1. The summed E-state index contributed by atoms with van der Waals surface area (Å²) in [5.74, 6) is 0.844. The van der Waals surface area contributed by atoms with E-state index in [1.54, 1.807) is 21.9 Å². The van der Waals surface area contributed by atoms with Crippen LogP contribution in [0.2, 0.25) is 0 Å². The van der Waals surface area contributed by atoms with E-state index in [0.29, 0.717) is 42.4 Å². The normalized spacial score (nSPS) is 13.4. The summed E-state index contributed by atoms with van der Waals surface area (Å²) in [5, 5.41) is 3.24. The Labute approximate surface area is 195 Å². The van der Waals surface area contributed by atoms with E-state index >= 15 is 0 Å². The second-order valence-corrected chi connectivity index (χ2v) is 7.88. The first-order chi connectivity index (χ1) is 16.0. The van der Waals surface area contributed by atoms with Crippen LogP contribution in [0.25, 0.3) is 0 Å². The van der Waals surface area contributed by atoms with Crippen LogP contribution in [0.15, 0.2) is 36.4 Å². The molecule has 8 nitrogen and oxygen atoms in total. The molecule has 178 valence electrons. The maximum atomic E-state index is 13.6. The molecular formula is C25H33N3O5. The standard InChI is InChI=1S/C25H33N3O5/c1-5-18-6-8-19(9-7-18)16-28(17-23(29)27-12-10-26-11-13-27)25(30)20-14-21(31-2)24(33-4)22(15-20)32-3/h6-9,14-15,26H,5,10-13,16-17H2,1-4H3. The van der Waals surface area contributed by atoms with E-state index in [-0.39, 0.29) is 18.4 Å². The topological polar surface area (TPSA) is 80.3 Å². The molecule has 0 atom stereocenters. The van der Waals surface area contributed by atoms with E-state index in [0.717, 1.165) is 25.1 Å². The Bertz CT molecular complexity index is 930. The van der Waals surface area contributed by atoms with Gasteiger partial charge in [0, 0.05) is 38.3 Å². The van der Waals surface area contributed by atoms with Gasteiger partial charge in [-0.15, -0.1) is 0 Å². The molecule has 0 aromatic heterocycles. The molecule has 1 aliphatic rings. The van der Waals surface area contributed by atoms with Gasteiger partial charge in [-0.05, 0) is 29.7 Å². The molecule has 0 unspecified atom stereocenters. The van der Waals surface area contributed by atoms with E-state index in [4.69, 9.17) is 14.2 Å². The summed E-state index contributed by atoms with van der Waals surface area (Å²) < 4.78 is 16.2. The molecule has 1 fully saturated rings. The fraction of sp³-hybridized carbons (Fsp3) is 0.440. The Morgan fingerprint density at radius 3 is 2.03 bits per heavy atom. The molecule has 0 aliphatic carbocycles. The SMILES string of the molecule is CCc1ccc(CN(CC(=O)N2CCNCC2)C(=O)c2cc(OC)c(OC)c(OC)c2)cc1. The Hall–Kier alpha value is -3.26. The summed E-state index contributed by atoms with van der Waals surface area (Å²) in [6.07, 6.45) is 0.940. The van der Waals surface area contributed by atoms with Crippen LogP contribution in [-0.2, 0) is 17.8 Å². The lowest BCUT2D eigenvalue weighted by molar-refractivity contribution is -0.132. The average molecular weight is 456 g/mol. The molecule has 1 heterocycles. The fourth-order valence-electron chi connectivity index (χ4n) is 3.86. The minimum absolute atomic E-state index is 0.00891. The number of rotatable bonds is 9. The highest BCUT2D eigenvalue weighted by Gasteiger charge is 2.25. The van der Waals surface area contributed by atoms with Gasteiger partial charge in [-0.25, -0.2) is 0 Å². The molecule has 3 rings (SSSR count). The van der Waals surface area contributed by atoms with Crippen molar-refractivity contribution in [1.82, 2.24) is 15.1 Å². The first-order valence-electron chi connectivity index (χ1n) is 11.2. The minimum atomic E-state index is -0.280. The van der Waals surface area contributed by atoms with Gasteiger partial charge in [-0.2, -0.15) is 0 Å². The van der Waals surface area contributed by atoms with Crippen LogP contribution in [0.4, 0.5) is 0 Å². The quantitative estimate of drug-likeness (QED) is 0.625. The molecule has 0 bridgehead atoms. The van der Waals surface area contributed by atoms with Crippen molar-refractivity contribution in [2.24, 2.45) is 0 Å². The maximum Gasteiger partial charge on any atom is 0.254 e. The first-order valence-corrected chi connectivity index (χ1v) is 11.2. The van der Waals surface area contributed by atoms with Crippen LogP contribution in [-0.4, -0.2) is 75.7 Å². The number of piperazine rings is 1. The van der Waals surface area contributed by atoms with Gasteiger partial charge in [-0.1, -0.05) is 31.2 Å². The van der Waals surface area contributed by atoms with Gasteiger partial charge < -0.3 is 29.3 Å². The molecule has 1 N–H and O–H groups in total. The average Bonchev–Trinajstić information content (AvgIpc) is 2.87. The van der Waals surface area contributed by atoms with Gasteiger partial charge in [0.2, 0.25) is 11.7 Å². The molecule has 33 heavy (non-hydrogen) atoms. The Morgan fingerprint density at radius 2 is 1.52 bits per heavy atom. The second-order valence-electron chi connectivity index (χ2n) is 7.88. The van der Waals surface area contributed by atoms with E-state index < -0.39 is 0 Å². The summed E-state index contributed by atoms with van der Waals surface area (Å²) in [6.45, 7) is 5.19. The molecule has 2 amide bonds. The summed E-state index contributed by atoms with van der Waals surface area (Å²) >= 11 is 0. The summed E-state index contributed by atoms with van der Waals surface area (Å²) in [6, 6.07) is 11.3. The molecular weight excluding hydrogens is 422 g/mol. The highest BCUT2D eigenvalue weighted by atomic mass is 16.5. The van der Waals surface area contributed by atoms with E-state index in [1.165, 1.54) is 26.9 Å². The van der Waals surface area contributed by atoms with Gasteiger partial charge >= 0.3 is 0 Å². The molecule has 2 aromatic rings. The largest absolute Gasteiger partial charge is 0.493 e. The number of nitrogens with one attached hydrogen (secondary N) is 1. The van der Waals surface area contributed by atoms with E-state index in [9.17, 15) is 9.59 Å². The third kappa shape index (κ3) is 5.96. The highest BCUT2D eigenvalue weighted by molar-refractivity contribution is 5.97. The van der Waals surface area contributed by atoms with Crippen LogP contribution in [0.3, 0.4) is 0 Å². The Morgan fingerprint density at radius 1 is 0.939 bits per heavy atom. The number of benzene rings is 2. The Balaban J connectivity index is 1.91. The van der Waals surface area contributed by atoms with Gasteiger partial charge in [0.1, 0.15) is 6.54 Å². The third-order valence-corrected chi connectivity index (χ3v) is 5.80. The zero-order valence-electron chi connectivity index (χ0n) is 19.8. The van der Waals surface area contributed by atoms with E-state index in [1.807, 2.05) is 12.1 Å². The predicted molar refractivity (Wildman–Crippen MR) is 126 cm³/mol. The number of carbonyl (C=O) groups is 2. The van der Waals surface area contributed by atoms with Crippen molar-refractivity contribution in [2.75, 3.05) is 54.1 Å². The number of carbonyl (C=O) groups excluding carboxylic acids is 2. The van der Waals surface area contributed by atoms with Crippen LogP contribution in [0.1, 0.15) is 28.4 Å². The number of amides is 2. The smallest absolute Gasteiger partial charge is 0.254 e. The second kappa shape index (κ2) is 11.6. The van der Waals surface area contributed by atoms with Crippen LogP contribution >= 0.6 is 0 Å². The fourth-order valence-corrected chi connectivity index (χ4v) is 3.86. The van der Waals surface area contributed by atoms with Crippen molar-refractivity contribution in [1.29, 1.82) is 0 Å². The number of methoxy groups -OCH3 is 3. The zero-order valence-corrected chi connectivity index (χ0v) is 19.8. The van der Waals surface area contributed by atoms with Gasteiger partial charge in [-0.3, -0.25) is 9.59 Å². The number of ether oxygens (including phenoxy) is 3. The molecule has 1 aliphatic heterocycles. The summed E-state index contributed by atoms with van der Waals surface area (Å²) in [5.41, 5.74) is 2.54. The molecule has 0 radical (unpaired) electrons. The number of nitrogens with zero attached hydrogens (tertiary/aromatic N) is 2. The lowest BCUT2D eigenvalue weighted by Crippen LogP contribution is -2.50. The monoisotopic (exact) mass is 455 g/mol. The summed E-state index contributed by atoms with van der Waals surface area (Å²) in [4.78, 5) is 30.0. The predicted octanol–water partition coefficient (Wildman–Crippen LogP) is 2.35. The van der Waals surface area contributed by atoms with Gasteiger partial charge in [0.05, 0.1) is 21.3 Å². The molecule has 0 saturated carbocycles. The van der Waals surface area contributed by atoms with E-state index in [2.05, 4.69) is 24.4 Å². The van der Waals surface area contributed by atoms with Crippen molar-refractivity contribution in [2.45, 2.75) is 19.9 Å². The lowest BCUT2D eigenvalue weighted by atomic mass is 10.1. The van der Waals surface area contributed by atoms with Crippen molar-refractivity contribution in [3.8, 4) is 17.2 Å². The van der Waals surface area contributed by atoms with Crippen LogP contribution < -0.4 is 19.5 Å². The zero-order chi connectivity index (χ0) is 23.8. The maximum absolute atomic E-state index is 13.6. The van der Waals surface area contributed by atoms with Crippen molar-refractivity contribution < 1.29 is 23.8 Å². The van der Waals surface area contributed by atoms with Crippen LogP contribution in [0.5, 0.6) is 17.2 Å². The van der Waals surface area contributed by atoms with Crippen molar-refractivity contribution in [3.63, 3.8) is 0 Å². The molecule has 8 heteroatoms. The van der Waals surface area contributed by atoms with Gasteiger partial charge in [0.25, 0.3) is 5.91 Å². The minimum Gasteiger partial charge on any atom is -0.493 e. The van der Waals surface area contributed by atoms with Crippen molar-refractivity contribution in [3.05, 3.63) is 53.1 Å². The lowest BCUT2D eigenvalue weighted by Gasteiger charge is -2.30. The summed E-state index contributed by atoms with van der Waals surface area (Å²) in [7, 11) is 4.53. The molecule has 0 spiro atoms. The number of hydrogen-bond acceptors (Lipinski definition) is 6. The number of hydrogen-bond donors (Lipinski definition) is 1.